The summed E-state index contributed by atoms with van der Waals surface area (Å²) < 4.78 is 18.9. The van der Waals surface area contributed by atoms with Crippen LogP contribution in [0.25, 0.3) is 0 Å². The maximum atomic E-state index is 13.4. The van der Waals surface area contributed by atoms with Crippen LogP contribution in [-0.2, 0) is 11.2 Å². The number of hydrogen-bond donors (Lipinski definition) is 0. The SMILES string of the molecule is COC(=O)c1ccc(CCCI)cc1F. The number of alkyl halides is 1. The summed E-state index contributed by atoms with van der Waals surface area (Å²) in [5, 5.41) is 0. The predicted octanol–water partition coefficient (Wildman–Crippen LogP) is 2.98. The Bertz CT molecular complexity index is 352. The molecule has 0 bridgehead atoms. The van der Waals surface area contributed by atoms with Crippen LogP contribution in [0.15, 0.2) is 18.2 Å². The molecule has 0 unspecified atom stereocenters. The highest BCUT2D eigenvalue weighted by Crippen LogP contribution is 2.13. The molecule has 0 saturated heterocycles. The lowest BCUT2D eigenvalue weighted by Gasteiger charge is -2.03. The van der Waals surface area contributed by atoms with Gasteiger partial charge < -0.3 is 4.74 Å². The molecule has 1 aromatic carbocycles. The Hall–Kier alpha value is -0.650. The first kappa shape index (κ1) is 12.4. The fourth-order valence-electron chi connectivity index (χ4n) is 1.26. The topological polar surface area (TPSA) is 26.3 Å². The second-order valence-corrected chi connectivity index (χ2v) is 4.18. The molecule has 0 aliphatic heterocycles. The Labute approximate surface area is 102 Å². The molecule has 0 atom stereocenters. The molecular formula is C11H12FIO2. The number of ether oxygens (including phenoxy) is 1. The van der Waals surface area contributed by atoms with Gasteiger partial charge in [-0.15, -0.1) is 0 Å². The van der Waals surface area contributed by atoms with Crippen molar-refractivity contribution in [2.75, 3.05) is 11.5 Å². The second kappa shape index (κ2) is 6.05. The molecule has 0 heterocycles. The smallest absolute Gasteiger partial charge is 0.340 e. The average Bonchev–Trinajstić information content (AvgIpc) is 2.25. The zero-order chi connectivity index (χ0) is 11.3. The van der Waals surface area contributed by atoms with E-state index < -0.39 is 11.8 Å². The number of benzene rings is 1. The van der Waals surface area contributed by atoms with Gasteiger partial charge in [-0.25, -0.2) is 9.18 Å². The lowest BCUT2D eigenvalue weighted by Crippen LogP contribution is -2.04. The molecule has 0 fully saturated rings. The summed E-state index contributed by atoms with van der Waals surface area (Å²) in [7, 11) is 1.24. The van der Waals surface area contributed by atoms with Crippen LogP contribution in [0.4, 0.5) is 4.39 Å². The van der Waals surface area contributed by atoms with Crippen LogP contribution in [0.1, 0.15) is 22.3 Å². The van der Waals surface area contributed by atoms with Gasteiger partial charge in [-0.2, -0.15) is 0 Å². The van der Waals surface area contributed by atoms with Crippen LogP contribution >= 0.6 is 22.6 Å². The zero-order valence-electron chi connectivity index (χ0n) is 8.43. The van der Waals surface area contributed by atoms with Crippen LogP contribution in [-0.4, -0.2) is 17.5 Å². The van der Waals surface area contributed by atoms with Crippen molar-refractivity contribution in [3.63, 3.8) is 0 Å². The van der Waals surface area contributed by atoms with Crippen molar-refractivity contribution in [2.45, 2.75) is 12.8 Å². The van der Waals surface area contributed by atoms with Crippen molar-refractivity contribution in [2.24, 2.45) is 0 Å². The van der Waals surface area contributed by atoms with Crippen LogP contribution in [0.5, 0.6) is 0 Å². The largest absolute Gasteiger partial charge is 0.465 e. The highest BCUT2D eigenvalue weighted by atomic mass is 127. The molecule has 0 spiro atoms. The van der Waals surface area contributed by atoms with Crippen molar-refractivity contribution >= 4 is 28.6 Å². The fourth-order valence-corrected chi connectivity index (χ4v) is 1.64. The first-order valence-electron chi connectivity index (χ1n) is 4.61. The molecule has 0 N–H and O–H groups in total. The molecule has 1 aromatic rings. The van der Waals surface area contributed by atoms with Crippen molar-refractivity contribution in [3.8, 4) is 0 Å². The van der Waals surface area contributed by atoms with Gasteiger partial charge in [0.2, 0.25) is 0 Å². The molecule has 0 amide bonds. The zero-order valence-corrected chi connectivity index (χ0v) is 10.6. The lowest BCUT2D eigenvalue weighted by atomic mass is 10.1. The molecule has 1 rings (SSSR count). The predicted molar refractivity (Wildman–Crippen MR) is 64.9 cm³/mol. The summed E-state index contributed by atoms with van der Waals surface area (Å²) in [6.45, 7) is 0. The Balaban J connectivity index is 2.83. The highest BCUT2D eigenvalue weighted by Gasteiger charge is 2.11. The van der Waals surface area contributed by atoms with Crippen LogP contribution in [0, 0.1) is 5.82 Å². The monoisotopic (exact) mass is 322 g/mol. The van der Waals surface area contributed by atoms with Gasteiger partial charge in [0.05, 0.1) is 12.7 Å². The first-order chi connectivity index (χ1) is 7.19. The number of carbonyl (C=O) groups is 1. The van der Waals surface area contributed by atoms with Crippen molar-refractivity contribution in [1.29, 1.82) is 0 Å². The molecule has 0 radical (unpaired) electrons. The summed E-state index contributed by atoms with van der Waals surface area (Å²) >= 11 is 2.28. The Morgan fingerprint density at radius 1 is 1.53 bits per heavy atom. The van der Waals surface area contributed by atoms with Gasteiger partial charge in [0.1, 0.15) is 5.82 Å². The third-order valence-electron chi connectivity index (χ3n) is 2.04. The maximum Gasteiger partial charge on any atom is 0.340 e. The third-order valence-corrected chi connectivity index (χ3v) is 2.80. The summed E-state index contributed by atoms with van der Waals surface area (Å²) in [6.07, 6.45) is 1.85. The van der Waals surface area contributed by atoms with Gasteiger partial charge in [-0.1, -0.05) is 28.7 Å². The lowest BCUT2D eigenvalue weighted by molar-refractivity contribution is 0.0595. The maximum absolute atomic E-state index is 13.4. The van der Waals surface area contributed by atoms with Gasteiger partial charge in [-0.05, 0) is 35.0 Å². The Morgan fingerprint density at radius 2 is 2.27 bits per heavy atom. The van der Waals surface area contributed by atoms with E-state index in [0.29, 0.717) is 0 Å². The van der Waals surface area contributed by atoms with E-state index in [9.17, 15) is 9.18 Å². The first-order valence-corrected chi connectivity index (χ1v) is 6.14. The van der Waals surface area contributed by atoms with E-state index in [0.717, 1.165) is 22.8 Å². The van der Waals surface area contributed by atoms with Gasteiger partial charge in [0.25, 0.3) is 0 Å². The van der Waals surface area contributed by atoms with E-state index in [2.05, 4.69) is 27.3 Å². The molecule has 0 aromatic heterocycles. The number of halogens is 2. The number of esters is 1. The minimum absolute atomic E-state index is 0.00396. The van der Waals surface area contributed by atoms with Crippen LogP contribution in [0.3, 0.4) is 0 Å². The van der Waals surface area contributed by atoms with Gasteiger partial charge in [-0.3, -0.25) is 0 Å². The second-order valence-electron chi connectivity index (χ2n) is 3.10. The average molecular weight is 322 g/mol. The van der Waals surface area contributed by atoms with E-state index in [1.54, 1.807) is 6.07 Å². The number of hydrogen-bond acceptors (Lipinski definition) is 2. The van der Waals surface area contributed by atoms with E-state index in [1.165, 1.54) is 19.2 Å². The molecular weight excluding hydrogens is 310 g/mol. The third kappa shape index (κ3) is 3.44. The highest BCUT2D eigenvalue weighted by molar-refractivity contribution is 14.1. The number of methoxy groups -OCH3 is 1. The van der Waals surface area contributed by atoms with E-state index >= 15 is 0 Å². The van der Waals surface area contributed by atoms with E-state index in [-0.39, 0.29) is 5.56 Å². The quantitative estimate of drug-likeness (QED) is 0.484. The molecule has 0 aliphatic rings. The number of rotatable bonds is 4. The molecule has 0 saturated carbocycles. The Kier molecular flexibility index (Phi) is 5.01. The van der Waals surface area contributed by atoms with Crippen molar-refractivity contribution < 1.29 is 13.9 Å². The molecule has 4 heteroatoms. The number of aryl methyl sites for hydroxylation is 1. The Morgan fingerprint density at radius 3 is 2.80 bits per heavy atom. The standard InChI is InChI=1S/C11H12FIO2/c1-15-11(14)9-5-4-8(3-2-6-13)7-10(9)12/h4-5,7H,2-3,6H2,1H3. The summed E-state index contributed by atoms with van der Waals surface area (Å²) in [4.78, 5) is 11.1. The van der Waals surface area contributed by atoms with Crippen LogP contribution in [0.2, 0.25) is 0 Å². The van der Waals surface area contributed by atoms with Gasteiger partial charge >= 0.3 is 5.97 Å². The van der Waals surface area contributed by atoms with Gasteiger partial charge in [0.15, 0.2) is 0 Å². The molecule has 0 aliphatic carbocycles. The van der Waals surface area contributed by atoms with Gasteiger partial charge in [0, 0.05) is 0 Å². The summed E-state index contributed by atoms with van der Waals surface area (Å²) in [5.41, 5.74) is 0.910. The normalized spacial score (nSPS) is 10.1. The minimum Gasteiger partial charge on any atom is -0.465 e. The van der Waals surface area contributed by atoms with Crippen molar-refractivity contribution in [1.82, 2.24) is 0 Å². The fraction of sp³-hybridized carbons (Fsp3) is 0.364. The molecule has 82 valence electrons. The summed E-state index contributed by atoms with van der Waals surface area (Å²) in [5.74, 6) is -1.14. The van der Waals surface area contributed by atoms with E-state index in [1.807, 2.05) is 0 Å². The van der Waals surface area contributed by atoms with Crippen molar-refractivity contribution in [3.05, 3.63) is 35.1 Å². The van der Waals surface area contributed by atoms with E-state index in [4.69, 9.17) is 0 Å². The van der Waals surface area contributed by atoms with Crippen LogP contribution < -0.4 is 0 Å². The number of carbonyl (C=O) groups excluding carboxylic acids is 1. The summed E-state index contributed by atoms with van der Waals surface area (Å²) in [6, 6.07) is 4.64. The molecule has 15 heavy (non-hydrogen) atoms. The molecule has 2 nitrogen and oxygen atoms in total. The minimum atomic E-state index is -0.632.